The lowest BCUT2D eigenvalue weighted by atomic mass is 9.89. The monoisotopic (exact) mass is 461 g/mol. The first kappa shape index (κ1) is 21.3. The van der Waals surface area contributed by atoms with Gasteiger partial charge < -0.3 is 10.1 Å². The Kier molecular flexibility index (Phi) is 5.25. The number of methoxy groups -OCH3 is 1. The lowest BCUT2D eigenvalue weighted by Gasteiger charge is -2.23. The van der Waals surface area contributed by atoms with Crippen LogP contribution in [-0.2, 0) is 34.5 Å². The van der Waals surface area contributed by atoms with Crippen LogP contribution in [0.4, 0.5) is 4.79 Å². The smallest absolute Gasteiger partial charge is 0.337 e. The highest BCUT2D eigenvalue weighted by atomic mass is 32.1. The van der Waals surface area contributed by atoms with E-state index in [4.69, 9.17) is 4.74 Å². The summed E-state index contributed by atoms with van der Waals surface area (Å²) in [5.74, 6) is -0.672. The highest BCUT2D eigenvalue weighted by Gasteiger charge is 2.49. The van der Waals surface area contributed by atoms with Crippen LogP contribution in [0.15, 0.2) is 47.8 Å². The maximum Gasteiger partial charge on any atom is 0.337 e. The van der Waals surface area contributed by atoms with Gasteiger partial charge in [0.15, 0.2) is 0 Å². The molecule has 0 saturated carbocycles. The molecule has 3 amide bonds. The van der Waals surface area contributed by atoms with Gasteiger partial charge in [-0.15, -0.1) is 11.3 Å². The molecule has 33 heavy (non-hydrogen) atoms. The summed E-state index contributed by atoms with van der Waals surface area (Å²) >= 11 is 1.42. The Morgan fingerprint density at radius 1 is 1.15 bits per heavy atom. The summed E-state index contributed by atoms with van der Waals surface area (Å²) in [5, 5.41) is 5.48. The summed E-state index contributed by atoms with van der Waals surface area (Å²) in [5.41, 5.74) is 4.25. The number of fused-ring (bicyclic) bond motifs is 1. The van der Waals surface area contributed by atoms with Gasteiger partial charge in [0.25, 0.3) is 5.91 Å². The van der Waals surface area contributed by atoms with Crippen LogP contribution in [0.5, 0.6) is 0 Å². The van der Waals surface area contributed by atoms with Crippen LogP contribution in [0, 0.1) is 0 Å². The number of hydrogen-bond acceptors (Lipinski definition) is 6. The van der Waals surface area contributed by atoms with Crippen molar-refractivity contribution >= 4 is 29.2 Å². The standard InChI is InChI=1S/C25H23N3O4S/c1-25(19-11-10-15-4-3-5-18(15)12-19)23(30)28(24(31)27-25)13-20-14-33-21(26-20)16-6-8-17(9-7-16)22(29)32-2/h6-12,14H,3-5,13H2,1-2H3,(H,27,31). The van der Waals surface area contributed by atoms with E-state index in [2.05, 4.69) is 22.4 Å². The number of esters is 1. The summed E-state index contributed by atoms with van der Waals surface area (Å²) in [4.78, 5) is 43.5. The number of hydrogen-bond donors (Lipinski definition) is 1. The fourth-order valence-electron chi connectivity index (χ4n) is 4.46. The Bertz CT molecular complexity index is 1270. The van der Waals surface area contributed by atoms with Crippen LogP contribution in [-0.4, -0.2) is 34.9 Å². The van der Waals surface area contributed by atoms with Crippen molar-refractivity contribution < 1.29 is 19.1 Å². The maximum absolute atomic E-state index is 13.3. The minimum absolute atomic E-state index is 0.0991. The minimum atomic E-state index is -1.09. The molecule has 168 valence electrons. The first-order chi connectivity index (χ1) is 15.9. The molecule has 7 nitrogen and oxygen atoms in total. The number of amides is 3. The van der Waals surface area contributed by atoms with Gasteiger partial charge in [-0.1, -0.05) is 30.3 Å². The lowest BCUT2D eigenvalue weighted by molar-refractivity contribution is -0.131. The molecule has 5 rings (SSSR count). The van der Waals surface area contributed by atoms with Crippen molar-refractivity contribution in [2.24, 2.45) is 0 Å². The average molecular weight is 462 g/mol. The number of urea groups is 1. The first-order valence-corrected chi connectivity index (χ1v) is 11.7. The molecule has 1 aliphatic heterocycles. The van der Waals surface area contributed by atoms with Crippen LogP contribution < -0.4 is 5.32 Å². The van der Waals surface area contributed by atoms with E-state index in [-0.39, 0.29) is 12.5 Å². The van der Waals surface area contributed by atoms with Gasteiger partial charge >= 0.3 is 12.0 Å². The number of nitrogens with one attached hydrogen (secondary N) is 1. The highest BCUT2D eigenvalue weighted by Crippen LogP contribution is 2.33. The second-order valence-electron chi connectivity index (χ2n) is 8.50. The van der Waals surface area contributed by atoms with Crippen LogP contribution in [0.2, 0.25) is 0 Å². The fourth-order valence-corrected chi connectivity index (χ4v) is 5.28. The minimum Gasteiger partial charge on any atom is -0.465 e. The van der Waals surface area contributed by atoms with Crippen LogP contribution >= 0.6 is 11.3 Å². The van der Waals surface area contributed by atoms with E-state index in [1.807, 2.05) is 11.4 Å². The molecule has 0 radical (unpaired) electrons. The third-order valence-corrected chi connectivity index (χ3v) is 7.32. The molecular weight excluding hydrogens is 438 g/mol. The van der Waals surface area contributed by atoms with E-state index in [0.29, 0.717) is 11.3 Å². The quantitative estimate of drug-likeness (QED) is 0.457. The second-order valence-corrected chi connectivity index (χ2v) is 9.35. The van der Waals surface area contributed by atoms with E-state index in [1.54, 1.807) is 31.2 Å². The Balaban J connectivity index is 1.34. The molecule has 0 bridgehead atoms. The lowest BCUT2D eigenvalue weighted by Crippen LogP contribution is -2.41. The Labute approximate surface area is 195 Å². The second kappa shape index (κ2) is 8.12. The van der Waals surface area contributed by atoms with E-state index >= 15 is 0 Å². The van der Waals surface area contributed by atoms with Crippen molar-refractivity contribution in [1.82, 2.24) is 15.2 Å². The number of rotatable bonds is 5. The van der Waals surface area contributed by atoms with Crippen molar-refractivity contribution in [3.8, 4) is 10.6 Å². The predicted molar refractivity (Wildman–Crippen MR) is 124 cm³/mol. The Hall–Kier alpha value is -3.52. The van der Waals surface area contributed by atoms with Crippen molar-refractivity contribution in [3.63, 3.8) is 0 Å². The number of nitrogens with zero attached hydrogens (tertiary/aromatic N) is 2. The van der Waals surface area contributed by atoms with Crippen LogP contribution in [0.3, 0.4) is 0 Å². The van der Waals surface area contributed by atoms with Crippen molar-refractivity contribution in [2.75, 3.05) is 7.11 Å². The number of carbonyl (C=O) groups is 3. The number of imide groups is 1. The third-order valence-electron chi connectivity index (χ3n) is 6.38. The SMILES string of the molecule is COC(=O)c1ccc(-c2nc(CN3C(=O)NC(C)(c4ccc5c(c4)CCC5)C3=O)cs2)cc1. The Morgan fingerprint density at radius 3 is 2.67 bits per heavy atom. The predicted octanol–water partition coefficient (Wildman–Crippen LogP) is 4.05. The average Bonchev–Trinajstić information content (AvgIpc) is 3.54. The molecular formula is C25H23N3O4S. The highest BCUT2D eigenvalue weighted by molar-refractivity contribution is 7.13. The number of ether oxygens (including phenoxy) is 1. The molecule has 2 aliphatic rings. The molecule has 0 spiro atoms. The summed E-state index contributed by atoms with van der Waals surface area (Å²) < 4.78 is 4.72. The zero-order valence-electron chi connectivity index (χ0n) is 18.4. The molecule has 1 saturated heterocycles. The molecule has 2 aromatic carbocycles. The molecule has 1 aromatic heterocycles. The molecule has 1 fully saturated rings. The van der Waals surface area contributed by atoms with Gasteiger partial charge in [-0.3, -0.25) is 9.69 Å². The zero-order valence-corrected chi connectivity index (χ0v) is 19.2. The van der Waals surface area contributed by atoms with Gasteiger partial charge in [0.2, 0.25) is 0 Å². The summed E-state index contributed by atoms with van der Waals surface area (Å²) in [7, 11) is 1.34. The van der Waals surface area contributed by atoms with E-state index in [1.165, 1.54) is 34.5 Å². The number of thiazole rings is 1. The molecule has 3 aromatic rings. The fraction of sp³-hybridized carbons (Fsp3) is 0.280. The van der Waals surface area contributed by atoms with Crippen LogP contribution in [0.25, 0.3) is 10.6 Å². The number of benzene rings is 2. The van der Waals surface area contributed by atoms with Gasteiger partial charge in [0.1, 0.15) is 10.5 Å². The van der Waals surface area contributed by atoms with Gasteiger partial charge in [-0.05, 0) is 55.0 Å². The molecule has 8 heteroatoms. The van der Waals surface area contributed by atoms with Crippen LogP contribution in [0.1, 0.15) is 46.1 Å². The van der Waals surface area contributed by atoms with Gasteiger partial charge in [0, 0.05) is 10.9 Å². The maximum atomic E-state index is 13.3. The normalized spacial score (nSPS) is 19.5. The van der Waals surface area contributed by atoms with Crippen molar-refractivity contribution in [1.29, 1.82) is 0 Å². The summed E-state index contributed by atoms with van der Waals surface area (Å²) in [6, 6.07) is 12.6. The number of aryl methyl sites for hydroxylation is 2. The molecule has 1 unspecified atom stereocenters. The Morgan fingerprint density at radius 2 is 1.91 bits per heavy atom. The molecule has 1 aliphatic carbocycles. The molecule has 2 heterocycles. The summed E-state index contributed by atoms with van der Waals surface area (Å²) in [6.07, 6.45) is 3.20. The number of carbonyl (C=O) groups excluding carboxylic acids is 3. The van der Waals surface area contributed by atoms with Gasteiger partial charge in [0.05, 0.1) is 24.9 Å². The van der Waals surface area contributed by atoms with E-state index in [9.17, 15) is 14.4 Å². The number of aromatic nitrogens is 1. The van der Waals surface area contributed by atoms with Crippen molar-refractivity contribution in [2.45, 2.75) is 38.3 Å². The molecule has 1 atom stereocenters. The zero-order chi connectivity index (χ0) is 23.2. The topological polar surface area (TPSA) is 88.6 Å². The van der Waals surface area contributed by atoms with E-state index in [0.717, 1.165) is 35.4 Å². The van der Waals surface area contributed by atoms with Gasteiger partial charge in [-0.2, -0.15) is 0 Å². The largest absolute Gasteiger partial charge is 0.465 e. The first-order valence-electron chi connectivity index (χ1n) is 10.8. The third kappa shape index (κ3) is 3.70. The summed E-state index contributed by atoms with van der Waals surface area (Å²) in [6.45, 7) is 1.86. The van der Waals surface area contributed by atoms with Crippen molar-refractivity contribution in [3.05, 3.63) is 75.8 Å². The molecule has 1 N–H and O–H groups in total. The van der Waals surface area contributed by atoms with E-state index < -0.39 is 17.5 Å². The van der Waals surface area contributed by atoms with Gasteiger partial charge in [-0.25, -0.2) is 14.6 Å².